The normalized spacial score (nSPS) is 24.1. The number of carboxylic acid groups (broad SMARTS) is 1. The van der Waals surface area contributed by atoms with E-state index in [2.05, 4.69) is 10.2 Å². The summed E-state index contributed by atoms with van der Waals surface area (Å²) in [6.45, 7) is 6.54. The molecule has 2 aliphatic rings. The highest BCUT2D eigenvalue weighted by molar-refractivity contribution is 7.91. The van der Waals surface area contributed by atoms with Crippen molar-refractivity contribution in [2.75, 3.05) is 25.4 Å². The summed E-state index contributed by atoms with van der Waals surface area (Å²) in [6.07, 6.45) is 4.78. The number of carbonyl (C=O) groups is 1. The first-order valence-electron chi connectivity index (χ1n) is 14.5. The number of nitrogens with one attached hydrogen (secondary N) is 1. The molecule has 5 atom stereocenters. The highest BCUT2D eigenvalue weighted by Gasteiger charge is 2.39. The van der Waals surface area contributed by atoms with Crippen LogP contribution < -0.4 is 5.32 Å². The van der Waals surface area contributed by atoms with E-state index >= 15 is 0 Å². The Kier molecular flexibility index (Phi) is 10.4. The number of aliphatic carboxylic acids is 1. The van der Waals surface area contributed by atoms with Crippen LogP contribution in [0.25, 0.3) is 0 Å². The van der Waals surface area contributed by atoms with Gasteiger partial charge in [-0.05, 0) is 111 Å². The molecule has 1 aliphatic heterocycles. The van der Waals surface area contributed by atoms with E-state index in [0.717, 1.165) is 57.3 Å². The number of carboxylic acids is 1. The van der Waals surface area contributed by atoms with E-state index in [-0.39, 0.29) is 40.3 Å². The Hall–Kier alpha value is -2.36. The molecule has 2 aromatic rings. The summed E-state index contributed by atoms with van der Waals surface area (Å²) in [4.78, 5) is 14.5. The molecule has 220 valence electrons. The Balaban J connectivity index is 1.35. The lowest BCUT2D eigenvalue weighted by Gasteiger charge is -2.35. The highest BCUT2D eigenvalue weighted by Crippen LogP contribution is 2.41. The van der Waals surface area contributed by atoms with E-state index in [9.17, 15) is 27.1 Å². The van der Waals surface area contributed by atoms with Crippen molar-refractivity contribution in [1.82, 2.24) is 10.2 Å². The van der Waals surface area contributed by atoms with Crippen molar-refractivity contribution in [1.29, 1.82) is 0 Å². The molecule has 4 rings (SSSR count). The fourth-order valence-corrected chi connectivity index (χ4v) is 7.88. The van der Waals surface area contributed by atoms with Gasteiger partial charge in [-0.2, -0.15) is 0 Å². The molecule has 1 aliphatic carbocycles. The molecule has 0 aromatic heterocycles. The van der Waals surface area contributed by atoms with Gasteiger partial charge < -0.3 is 15.3 Å². The summed E-state index contributed by atoms with van der Waals surface area (Å²) in [5.74, 6) is -0.755. The second kappa shape index (κ2) is 13.5. The van der Waals surface area contributed by atoms with Crippen LogP contribution in [-0.4, -0.2) is 61.9 Å². The number of benzene rings is 2. The molecule has 9 heteroatoms. The highest BCUT2D eigenvalue weighted by atomic mass is 32.2. The van der Waals surface area contributed by atoms with Crippen LogP contribution in [0, 0.1) is 29.4 Å². The molecule has 2 fully saturated rings. The van der Waals surface area contributed by atoms with Gasteiger partial charge in [0.05, 0.1) is 10.6 Å². The summed E-state index contributed by atoms with van der Waals surface area (Å²) in [5, 5.41) is 13.2. The molecule has 2 N–H and O–H groups in total. The number of piperidine rings is 1. The van der Waals surface area contributed by atoms with Crippen LogP contribution in [0.5, 0.6) is 0 Å². The van der Waals surface area contributed by atoms with Crippen molar-refractivity contribution in [3.05, 3.63) is 65.7 Å². The van der Waals surface area contributed by atoms with Gasteiger partial charge in [0.1, 0.15) is 17.7 Å². The fraction of sp³-hybridized carbons (Fsp3) is 0.581. The largest absolute Gasteiger partial charge is 0.480 e. The van der Waals surface area contributed by atoms with E-state index in [1.807, 2.05) is 19.9 Å². The number of rotatable bonds is 12. The molecule has 0 radical (unpaired) electrons. The molecule has 0 spiro atoms. The first kappa shape index (κ1) is 30.6. The number of nitrogens with zero attached hydrogens (tertiary/aromatic N) is 1. The predicted octanol–water partition coefficient (Wildman–Crippen LogP) is 5.49. The van der Waals surface area contributed by atoms with Crippen LogP contribution in [0.1, 0.15) is 63.9 Å². The maximum Gasteiger partial charge on any atom is 0.320 e. The van der Waals surface area contributed by atoms with Crippen LogP contribution in [0.2, 0.25) is 0 Å². The smallest absolute Gasteiger partial charge is 0.320 e. The van der Waals surface area contributed by atoms with Gasteiger partial charge in [0.25, 0.3) is 0 Å². The van der Waals surface area contributed by atoms with E-state index < -0.39 is 27.7 Å². The molecule has 0 bridgehead atoms. The monoisotopic (exact) mass is 576 g/mol. The second-order valence-corrected chi connectivity index (χ2v) is 13.9. The number of likely N-dealkylation sites (tertiary alicyclic amines) is 1. The summed E-state index contributed by atoms with van der Waals surface area (Å²) in [5.41, 5.74) is 0.964. The van der Waals surface area contributed by atoms with Crippen molar-refractivity contribution < 1.29 is 27.1 Å². The summed E-state index contributed by atoms with van der Waals surface area (Å²) < 4.78 is 52.7. The molecule has 1 saturated carbocycles. The van der Waals surface area contributed by atoms with Crippen LogP contribution in [-0.2, 0) is 14.6 Å². The Bertz CT molecular complexity index is 1230. The third-order valence-corrected chi connectivity index (χ3v) is 10.8. The zero-order valence-electron chi connectivity index (χ0n) is 23.4. The van der Waals surface area contributed by atoms with Gasteiger partial charge in [-0.25, -0.2) is 17.2 Å². The van der Waals surface area contributed by atoms with Gasteiger partial charge >= 0.3 is 5.97 Å². The quantitative estimate of drug-likeness (QED) is 0.325. The second-order valence-electron chi connectivity index (χ2n) is 11.8. The average molecular weight is 577 g/mol. The van der Waals surface area contributed by atoms with E-state index in [4.69, 9.17) is 0 Å². The molecule has 1 heterocycles. The Morgan fingerprint density at radius 2 is 1.77 bits per heavy atom. The maximum absolute atomic E-state index is 14.1. The topological polar surface area (TPSA) is 86.7 Å². The standard InChI is InChI=1S/C31H42F2N2O4S/c1-3-21(2)30(31(36)37)34-27-18-24(29(19-27)23-5-4-6-26(33)17-23)20-35-14-11-22(12-15-35)13-16-40(38,39)28-9-7-25(32)8-10-28/h4-10,17,21-22,24,27,29-30,34H,3,11-16,18-20H2,1-2H3,(H,36,37)/t21-,24?,27?,29?,30-/m1/s1. The van der Waals surface area contributed by atoms with Gasteiger partial charge in [0.2, 0.25) is 0 Å². The lowest BCUT2D eigenvalue weighted by Crippen LogP contribution is -2.46. The van der Waals surface area contributed by atoms with Crippen molar-refractivity contribution in [3.63, 3.8) is 0 Å². The number of sulfone groups is 1. The first-order chi connectivity index (χ1) is 19.1. The molecule has 2 aromatic carbocycles. The Morgan fingerprint density at radius 3 is 2.40 bits per heavy atom. The predicted molar refractivity (Wildman–Crippen MR) is 152 cm³/mol. The SMILES string of the molecule is CC[C@@H](C)[C@@H](NC1CC(CN2CCC(CCS(=O)(=O)c3ccc(F)cc3)CC2)C(c2cccc(F)c2)C1)C(=O)O. The number of hydrogen-bond acceptors (Lipinski definition) is 5. The van der Waals surface area contributed by atoms with E-state index in [0.29, 0.717) is 12.3 Å². The summed E-state index contributed by atoms with van der Waals surface area (Å²) in [6, 6.07) is 11.2. The van der Waals surface area contributed by atoms with Gasteiger partial charge in [0, 0.05) is 12.6 Å². The maximum atomic E-state index is 14.1. The average Bonchev–Trinajstić information content (AvgIpc) is 3.33. The molecular formula is C31H42F2N2O4S. The van der Waals surface area contributed by atoms with Crippen LogP contribution in [0.3, 0.4) is 0 Å². The third-order valence-electron chi connectivity index (χ3n) is 9.03. The van der Waals surface area contributed by atoms with Crippen molar-refractivity contribution >= 4 is 15.8 Å². The van der Waals surface area contributed by atoms with Crippen molar-refractivity contribution in [2.24, 2.45) is 17.8 Å². The summed E-state index contributed by atoms with van der Waals surface area (Å²) in [7, 11) is -3.44. The van der Waals surface area contributed by atoms with Crippen LogP contribution >= 0.6 is 0 Å². The summed E-state index contributed by atoms with van der Waals surface area (Å²) >= 11 is 0. The fourth-order valence-electron chi connectivity index (χ4n) is 6.45. The van der Waals surface area contributed by atoms with Gasteiger partial charge in [-0.1, -0.05) is 32.4 Å². The minimum absolute atomic E-state index is 0.00932. The Morgan fingerprint density at radius 1 is 1.07 bits per heavy atom. The van der Waals surface area contributed by atoms with E-state index in [1.54, 1.807) is 12.1 Å². The van der Waals surface area contributed by atoms with E-state index in [1.165, 1.54) is 30.3 Å². The molecule has 0 amide bonds. The van der Waals surface area contributed by atoms with Gasteiger partial charge in [-0.15, -0.1) is 0 Å². The molecule has 1 saturated heterocycles. The zero-order chi connectivity index (χ0) is 28.9. The number of halogens is 2. The number of hydrogen-bond donors (Lipinski definition) is 2. The zero-order valence-corrected chi connectivity index (χ0v) is 24.3. The van der Waals surface area contributed by atoms with Crippen LogP contribution in [0.4, 0.5) is 8.78 Å². The van der Waals surface area contributed by atoms with Gasteiger partial charge in [0.15, 0.2) is 9.84 Å². The first-order valence-corrected chi connectivity index (χ1v) is 16.2. The Labute approximate surface area is 237 Å². The lowest BCUT2D eigenvalue weighted by molar-refractivity contribution is -0.141. The van der Waals surface area contributed by atoms with Crippen molar-refractivity contribution in [2.45, 2.75) is 75.3 Å². The van der Waals surface area contributed by atoms with Crippen molar-refractivity contribution in [3.8, 4) is 0 Å². The van der Waals surface area contributed by atoms with Gasteiger partial charge in [-0.3, -0.25) is 4.79 Å². The van der Waals surface area contributed by atoms with Crippen LogP contribution in [0.15, 0.2) is 53.4 Å². The lowest BCUT2D eigenvalue weighted by atomic mass is 9.87. The molecule has 3 unspecified atom stereocenters. The minimum Gasteiger partial charge on any atom is -0.480 e. The third kappa shape index (κ3) is 7.89. The molecular weight excluding hydrogens is 534 g/mol. The molecule has 40 heavy (non-hydrogen) atoms. The molecule has 6 nitrogen and oxygen atoms in total. The minimum atomic E-state index is -3.44.